The lowest BCUT2D eigenvalue weighted by atomic mass is 10.00. The second kappa shape index (κ2) is 6.74. The number of carbonyl (C=O) groups is 1. The molecular weight excluding hydrogens is 275 g/mol. The number of ether oxygens (including phenoxy) is 2. The maximum atomic E-state index is 13.1. The van der Waals surface area contributed by atoms with Crippen LogP contribution in [0.25, 0.3) is 0 Å². The van der Waals surface area contributed by atoms with Gasteiger partial charge in [0.05, 0.1) is 7.11 Å². The average molecular weight is 290 g/mol. The van der Waals surface area contributed by atoms with Gasteiger partial charge < -0.3 is 14.6 Å². The van der Waals surface area contributed by atoms with Crippen molar-refractivity contribution in [3.8, 4) is 11.5 Å². The Labute approximate surface area is 121 Å². The van der Waals surface area contributed by atoms with Gasteiger partial charge in [0.2, 0.25) is 0 Å². The van der Waals surface area contributed by atoms with Gasteiger partial charge in [-0.1, -0.05) is 18.2 Å². The number of benzene rings is 2. The SMILES string of the molecule is COC(=O)C(COc1cccc(F)c1)c1cccc(O)c1. The van der Waals surface area contributed by atoms with Crippen molar-refractivity contribution in [3.05, 3.63) is 59.9 Å². The molecule has 1 N–H and O–H groups in total. The maximum absolute atomic E-state index is 13.1. The van der Waals surface area contributed by atoms with Gasteiger partial charge in [0.15, 0.2) is 0 Å². The second-order valence-electron chi connectivity index (χ2n) is 4.44. The molecule has 5 heteroatoms. The Kier molecular flexibility index (Phi) is 4.77. The Balaban J connectivity index is 2.16. The summed E-state index contributed by atoms with van der Waals surface area (Å²) in [4.78, 5) is 11.9. The number of rotatable bonds is 5. The summed E-state index contributed by atoms with van der Waals surface area (Å²) in [5.74, 6) is -1.24. The van der Waals surface area contributed by atoms with Crippen molar-refractivity contribution in [2.45, 2.75) is 5.92 Å². The summed E-state index contributed by atoms with van der Waals surface area (Å²) >= 11 is 0. The fourth-order valence-corrected chi connectivity index (χ4v) is 1.92. The molecule has 1 unspecified atom stereocenters. The molecular formula is C16H15FO4. The summed E-state index contributed by atoms with van der Waals surface area (Å²) in [6.07, 6.45) is 0. The predicted molar refractivity (Wildman–Crippen MR) is 74.8 cm³/mol. The quantitative estimate of drug-likeness (QED) is 0.860. The Morgan fingerprint density at radius 3 is 2.67 bits per heavy atom. The Morgan fingerprint density at radius 2 is 2.00 bits per heavy atom. The molecule has 2 rings (SSSR count). The van der Waals surface area contributed by atoms with Crippen molar-refractivity contribution in [1.29, 1.82) is 0 Å². The minimum absolute atomic E-state index is 0.0143. The highest BCUT2D eigenvalue weighted by atomic mass is 19.1. The molecule has 0 amide bonds. The third-order valence-corrected chi connectivity index (χ3v) is 2.97. The van der Waals surface area contributed by atoms with Crippen molar-refractivity contribution >= 4 is 5.97 Å². The van der Waals surface area contributed by atoms with Crippen LogP contribution >= 0.6 is 0 Å². The van der Waals surface area contributed by atoms with E-state index in [-0.39, 0.29) is 12.4 Å². The molecule has 0 saturated heterocycles. The van der Waals surface area contributed by atoms with E-state index < -0.39 is 17.7 Å². The van der Waals surface area contributed by atoms with Crippen molar-refractivity contribution < 1.29 is 23.8 Å². The van der Waals surface area contributed by atoms with Crippen LogP contribution in [-0.2, 0) is 9.53 Å². The van der Waals surface area contributed by atoms with Crippen LogP contribution in [0.15, 0.2) is 48.5 Å². The summed E-state index contributed by atoms with van der Waals surface area (Å²) < 4.78 is 23.3. The molecule has 0 aliphatic heterocycles. The van der Waals surface area contributed by atoms with E-state index in [2.05, 4.69) is 0 Å². The van der Waals surface area contributed by atoms with E-state index >= 15 is 0 Å². The first-order valence-electron chi connectivity index (χ1n) is 6.35. The number of carbonyl (C=O) groups excluding carboxylic acids is 1. The normalized spacial score (nSPS) is 11.7. The van der Waals surface area contributed by atoms with Gasteiger partial charge in [-0.25, -0.2) is 4.39 Å². The number of phenols is 1. The lowest BCUT2D eigenvalue weighted by molar-refractivity contribution is -0.143. The lowest BCUT2D eigenvalue weighted by Gasteiger charge is -2.16. The van der Waals surface area contributed by atoms with Crippen molar-refractivity contribution in [1.82, 2.24) is 0 Å². The summed E-state index contributed by atoms with van der Waals surface area (Å²) in [7, 11) is 1.28. The standard InChI is InChI=1S/C16H15FO4/c1-20-16(19)15(11-4-2-6-13(18)8-11)10-21-14-7-3-5-12(17)9-14/h2-9,15,18H,10H2,1H3. The molecule has 0 heterocycles. The minimum atomic E-state index is -0.703. The third-order valence-electron chi connectivity index (χ3n) is 2.97. The number of hydrogen-bond donors (Lipinski definition) is 1. The van der Waals surface area contributed by atoms with Crippen LogP contribution in [0, 0.1) is 5.82 Å². The van der Waals surface area contributed by atoms with Crippen LogP contribution in [0.3, 0.4) is 0 Å². The molecule has 2 aromatic rings. The summed E-state index contributed by atoms with van der Waals surface area (Å²) in [5, 5.41) is 9.50. The molecule has 0 bridgehead atoms. The Bertz CT molecular complexity index is 627. The topological polar surface area (TPSA) is 55.8 Å². The van der Waals surface area contributed by atoms with Crippen molar-refractivity contribution in [2.75, 3.05) is 13.7 Å². The first-order valence-corrected chi connectivity index (χ1v) is 6.35. The van der Waals surface area contributed by atoms with Crippen LogP contribution in [0.4, 0.5) is 4.39 Å². The van der Waals surface area contributed by atoms with Gasteiger partial charge in [-0.05, 0) is 29.8 Å². The van der Waals surface area contributed by atoms with E-state index in [0.29, 0.717) is 11.3 Å². The predicted octanol–water partition coefficient (Wildman–Crippen LogP) is 2.87. The van der Waals surface area contributed by atoms with Crippen molar-refractivity contribution in [3.63, 3.8) is 0 Å². The van der Waals surface area contributed by atoms with Crippen LogP contribution in [0.1, 0.15) is 11.5 Å². The molecule has 0 aromatic heterocycles. The smallest absolute Gasteiger partial charge is 0.316 e. The van der Waals surface area contributed by atoms with Crippen LogP contribution in [0.5, 0.6) is 11.5 Å². The van der Waals surface area contributed by atoms with E-state index in [1.54, 1.807) is 18.2 Å². The monoisotopic (exact) mass is 290 g/mol. The zero-order valence-electron chi connectivity index (χ0n) is 11.5. The number of esters is 1. The molecule has 0 saturated carbocycles. The van der Waals surface area contributed by atoms with E-state index in [9.17, 15) is 14.3 Å². The Morgan fingerprint density at radius 1 is 1.24 bits per heavy atom. The zero-order valence-corrected chi connectivity index (χ0v) is 11.5. The van der Waals surface area contributed by atoms with E-state index in [1.807, 2.05) is 0 Å². The molecule has 110 valence electrons. The molecule has 0 aliphatic rings. The molecule has 0 radical (unpaired) electrons. The van der Waals surface area contributed by atoms with Gasteiger partial charge in [0.25, 0.3) is 0 Å². The molecule has 0 spiro atoms. The van der Waals surface area contributed by atoms with E-state index in [0.717, 1.165) is 0 Å². The van der Waals surface area contributed by atoms with Gasteiger partial charge in [-0.3, -0.25) is 4.79 Å². The molecule has 0 fully saturated rings. The number of phenolic OH excluding ortho intramolecular Hbond substituents is 1. The lowest BCUT2D eigenvalue weighted by Crippen LogP contribution is -2.21. The highest BCUT2D eigenvalue weighted by molar-refractivity contribution is 5.78. The fourth-order valence-electron chi connectivity index (χ4n) is 1.92. The average Bonchev–Trinajstić information content (AvgIpc) is 2.47. The van der Waals surface area contributed by atoms with Gasteiger partial charge >= 0.3 is 5.97 Å². The third kappa shape index (κ3) is 3.95. The summed E-state index contributed by atoms with van der Waals surface area (Å²) in [6, 6.07) is 11.9. The first kappa shape index (κ1) is 14.8. The fraction of sp³-hybridized carbons (Fsp3) is 0.188. The molecule has 4 nitrogen and oxygen atoms in total. The van der Waals surface area contributed by atoms with Crippen molar-refractivity contribution in [2.24, 2.45) is 0 Å². The number of halogens is 1. The number of aromatic hydroxyl groups is 1. The highest BCUT2D eigenvalue weighted by Crippen LogP contribution is 2.23. The summed E-state index contributed by atoms with van der Waals surface area (Å²) in [5.41, 5.74) is 0.568. The molecule has 2 aromatic carbocycles. The van der Waals surface area contributed by atoms with Gasteiger partial charge in [0, 0.05) is 6.07 Å². The maximum Gasteiger partial charge on any atom is 0.316 e. The van der Waals surface area contributed by atoms with Crippen LogP contribution < -0.4 is 4.74 Å². The second-order valence-corrected chi connectivity index (χ2v) is 4.44. The van der Waals surface area contributed by atoms with Gasteiger partial charge in [0.1, 0.15) is 29.8 Å². The van der Waals surface area contributed by atoms with E-state index in [4.69, 9.17) is 9.47 Å². The summed E-state index contributed by atoms with van der Waals surface area (Å²) in [6.45, 7) is -0.0143. The van der Waals surface area contributed by atoms with Gasteiger partial charge in [-0.2, -0.15) is 0 Å². The molecule has 1 atom stereocenters. The largest absolute Gasteiger partial charge is 0.508 e. The van der Waals surface area contributed by atoms with E-state index in [1.165, 1.54) is 37.4 Å². The molecule has 0 aliphatic carbocycles. The minimum Gasteiger partial charge on any atom is -0.508 e. The van der Waals surface area contributed by atoms with Crippen LogP contribution in [-0.4, -0.2) is 24.8 Å². The number of methoxy groups -OCH3 is 1. The first-order chi connectivity index (χ1) is 10.1. The Hall–Kier alpha value is -2.56. The van der Waals surface area contributed by atoms with Gasteiger partial charge in [-0.15, -0.1) is 0 Å². The number of hydrogen-bond acceptors (Lipinski definition) is 4. The zero-order chi connectivity index (χ0) is 15.2. The van der Waals surface area contributed by atoms with Crippen LogP contribution in [0.2, 0.25) is 0 Å². The highest BCUT2D eigenvalue weighted by Gasteiger charge is 2.23. The molecule has 21 heavy (non-hydrogen) atoms.